The maximum atomic E-state index is 12.8. The summed E-state index contributed by atoms with van der Waals surface area (Å²) in [7, 11) is 0. The summed E-state index contributed by atoms with van der Waals surface area (Å²) in [6, 6.07) is 14.1. The smallest absolute Gasteiger partial charge is 0.178 e. The fraction of sp³-hybridized carbons (Fsp3) is 0.278. The predicted octanol–water partition coefficient (Wildman–Crippen LogP) is 5.69. The van der Waals surface area contributed by atoms with Crippen molar-refractivity contribution in [2.24, 2.45) is 0 Å². The predicted molar refractivity (Wildman–Crippen MR) is 95.8 cm³/mol. The third-order valence-electron chi connectivity index (χ3n) is 3.55. The number of rotatable bonds is 4. The van der Waals surface area contributed by atoms with Crippen LogP contribution in [0.1, 0.15) is 37.4 Å². The Labute approximate surface area is 143 Å². The number of carbonyl (C=O) groups is 1. The number of hydrogen-bond acceptors (Lipinski definition) is 1. The molecule has 110 valence electrons. The van der Waals surface area contributed by atoms with Crippen LogP contribution in [0.25, 0.3) is 0 Å². The summed E-state index contributed by atoms with van der Waals surface area (Å²) in [5, 5.41) is 0. The second kappa shape index (κ2) is 6.89. The van der Waals surface area contributed by atoms with Crippen LogP contribution < -0.4 is 0 Å². The molecule has 21 heavy (non-hydrogen) atoms. The first kappa shape index (κ1) is 16.4. The van der Waals surface area contributed by atoms with Gasteiger partial charge in [-0.25, -0.2) is 0 Å². The molecule has 2 aromatic carbocycles. The van der Waals surface area contributed by atoms with Crippen LogP contribution >= 0.6 is 31.9 Å². The van der Waals surface area contributed by atoms with E-state index < -0.39 is 0 Å². The van der Waals surface area contributed by atoms with Gasteiger partial charge in [0.1, 0.15) is 0 Å². The molecule has 2 atom stereocenters. The molecule has 0 fully saturated rings. The van der Waals surface area contributed by atoms with E-state index in [1.54, 1.807) is 0 Å². The van der Waals surface area contributed by atoms with Crippen molar-refractivity contribution in [1.82, 2.24) is 0 Å². The number of benzene rings is 2. The zero-order chi connectivity index (χ0) is 15.6. The molecule has 1 nitrogen and oxygen atoms in total. The molecule has 0 N–H and O–H groups in total. The number of carbonyl (C=O) groups excluding carboxylic acids is 1. The van der Waals surface area contributed by atoms with Crippen molar-refractivity contribution in [3.05, 3.63) is 70.3 Å². The van der Waals surface area contributed by atoms with Crippen LogP contribution in [-0.4, -0.2) is 10.6 Å². The monoisotopic (exact) mass is 408 g/mol. The molecule has 0 aliphatic heterocycles. The quantitative estimate of drug-likeness (QED) is 0.467. The van der Waals surface area contributed by atoms with E-state index in [0.717, 1.165) is 22.3 Å². The van der Waals surface area contributed by atoms with Crippen LogP contribution in [0.15, 0.2) is 42.5 Å². The number of ketones is 1. The Balaban J connectivity index is 2.32. The molecule has 3 heteroatoms. The molecular formula is C18H18Br2O. The average Bonchev–Trinajstić information content (AvgIpc) is 2.45. The van der Waals surface area contributed by atoms with Gasteiger partial charge in [0.25, 0.3) is 0 Å². The van der Waals surface area contributed by atoms with Crippen LogP contribution in [-0.2, 0) is 0 Å². The Morgan fingerprint density at radius 3 is 2.00 bits per heavy atom. The van der Waals surface area contributed by atoms with E-state index in [9.17, 15) is 4.79 Å². The van der Waals surface area contributed by atoms with Gasteiger partial charge in [-0.3, -0.25) is 4.79 Å². The fourth-order valence-corrected chi connectivity index (χ4v) is 3.72. The minimum atomic E-state index is -0.292. The first-order chi connectivity index (χ1) is 9.91. The average molecular weight is 410 g/mol. The van der Waals surface area contributed by atoms with Gasteiger partial charge >= 0.3 is 0 Å². The van der Waals surface area contributed by atoms with Crippen molar-refractivity contribution in [1.29, 1.82) is 0 Å². The Hall–Kier alpha value is -0.930. The third kappa shape index (κ3) is 3.64. The highest BCUT2D eigenvalue weighted by Crippen LogP contribution is 2.34. The Kier molecular flexibility index (Phi) is 5.39. The van der Waals surface area contributed by atoms with Gasteiger partial charge in [0, 0.05) is 5.56 Å². The van der Waals surface area contributed by atoms with E-state index in [0.29, 0.717) is 0 Å². The minimum absolute atomic E-state index is 0.0497. The molecule has 0 aromatic heterocycles. The van der Waals surface area contributed by atoms with Gasteiger partial charge in [-0.1, -0.05) is 79.9 Å². The Bertz CT molecular complexity index is 627. The molecular weight excluding hydrogens is 392 g/mol. The lowest BCUT2D eigenvalue weighted by atomic mass is 9.93. The van der Waals surface area contributed by atoms with Gasteiger partial charge in [0.2, 0.25) is 0 Å². The molecule has 0 saturated heterocycles. The minimum Gasteiger partial charge on any atom is -0.293 e. The SMILES string of the molecule is Cc1cc(C)c(C(=O)[C@@H](Br)[C@H](Br)c2ccccc2)c(C)c1. The normalized spacial score (nSPS) is 13.8. The maximum Gasteiger partial charge on any atom is 0.178 e. The Morgan fingerprint density at radius 1 is 0.952 bits per heavy atom. The van der Waals surface area contributed by atoms with Crippen LogP contribution in [0.5, 0.6) is 0 Å². The summed E-state index contributed by atoms with van der Waals surface area (Å²) >= 11 is 7.22. The van der Waals surface area contributed by atoms with Gasteiger partial charge in [0.15, 0.2) is 5.78 Å². The number of halogens is 2. The number of hydrogen-bond donors (Lipinski definition) is 0. The van der Waals surface area contributed by atoms with Crippen LogP contribution in [0.4, 0.5) is 0 Å². The Morgan fingerprint density at radius 2 is 1.48 bits per heavy atom. The highest BCUT2D eigenvalue weighted by Gasteiger charge is 2.27. The van der Waals surface area contributed by atoms with Crippen molar-refractivity contribution < 1.29 is 4.79 Å². The first-order valence-corrected chi connectivity index (χ1v) is 8.70. The largest absolute Gasteiger partial charge is 0.293 e. The van der Waals surface area contributed by atoms with E-state index >= 15 is 0 Å². The van der Waals surface area contributed by atoms with Gasteiger partial charge in [0.05, 0.1) is 9.65 Å². The second-order valence-corrected chi connectivity index (χ2v) is 7.33. The zero-order valence-electron chi connectivity index (χ0n) is 12.4. The van der Waals surface area contributed by atoms with Crippen molar-refractivity contribution in [2.75, 3.05) is 0 Å². The summed E-state index contributed by atoms with van der Waals surface area (Å²) in [5.41, 5.74) is 5.17. The molecule has 0 heterocycles. The summed E-state index contributed by atoms with van der Waals surface area (Å²) in [5.74, 6) is 0.121. The molecule has 0 radical (unpaired) electrons. The lowest BCUT2D eigenvalue weighted by Crippen LogP contribution is -2.21. The van der Waals surface area contributed by atoms with Crippen molar-refractivity contribution >= 4 is 37.6 Å². The molecule has 0 aliphatic rings. The van der Waals surface area contributed by atoms with Gasteiger partial charge in [-0.15, -0.1) is 0 Å². The lowest BCUT2D eigenvalue weighted by molar-refractivity contribution is 0.0989. The second-order valence-electron chi connectivity index (χ2n) is 5.35. The van der Waals surface area contributed by atoms with Gasteiger partial charge < -0.3 is 0 Å². The molecule has 2 aromatic rings. The third-order valence-corrected chi connectivity index (χ3v) is 6.26. The summed E-state index contributed by atoms with van der Waals surface area (Å²) in [6.45, 7) is 6.05. The van der Waals surface area contributed by atoms with Crippen molar-refractivity contribution in [3.63, 3.8) is 0 Å². The van der Waals surface area contributed by atoms with E-state index in [4.69, 9.17) is 0 Å². The van der Waals surface area contributed by atoms with Crippen LogP contribution in [0.3, 0.4) is 0 Å². The highest BCUT2D eigenvalue weighted by molar-refractivity contribution is 9.12. The molecule has 0 unspecified atom stereocenters. The molecule has 0 amide bonds. The van der Waals surface area contributed by atoms with Gasteiger partial charge in [-0.05, 0) is 37.5 Å². The van der Waals surface area contributed by atoms with E-state index in [1.807, 2.05) is 44.2 Å². The topological polar surface area (TPSA) is 17.1 Å². The molecule has 0 bridgehead atoms. The number of alkyl halides is 2. The van der Waals surface area contributed by atoms with Crippen LogP contribution in [0, 0.1) is 20.8 Å². The van der Waals surface area contributed by atoms with E-state index in [2.05, 4.69) is 50.9 Å². The molecule has 0 aliphatic carbocycles. The van der Waals surface area contributed by atoms with Crippen molar-refractivity contribution in [2.45, 2.75) is 30.4 Å². The summed E-state index contributed by atoms with van der Waals surface area (Å²) in [6.07, 6.45) is 0. The summed E-state index contributed by atoms with van der Waals surface area (Å²) < 4.78 is 0. The molecule has 2 rings (SSSR count). The standard InChI is InChI=1S/C18H18Br2O/c1-11-9-12(2)15(13(3)10-11)18(21)17(20)16(19)14-7-5-4-6-8-14/h4-10,16-17H,1-3H3/t16-,17+/m1/s1. The number of aryl methyl sites for hydroxylation is 3. The fourth-order valence-electron chi connectivity index (χ4n) is 2.65. The zero-order valence-corrected chi connectivity index (χ0v) is 15.5. The molecule has 0 spiro atoms. The highest BCUT2D eigenvalue weighted by atomic mass is 79.9. The summed E-state index contributed by atoms with van der Waals surface area (Å²) in [4.78, 5) is 12.5. The van der Waals surface area contributed by atoms with Gasteiger partial charge in [-0.2, -0.15) is 0 Å². The first-order valence-electron chi connectivity index (χ1n) is 6.87. The maximum absolute atomic E-state index is 12.8. The van der Waals surface area contributed by atoms with E-state index in [-0.39, 0.29) is 15.4 Å². The number of Topliss-reactive ketones (excluding diaryl/α,β-unsaturated/α-hetero) is 1. The van der Waals surface area contributed by atoms with Crippen molar-refractivity contribution in [3.8, 4) is 0 Å². The van der Waals surface area contributed by atoms with Crippen LogP contribution in [0.2, 0.25) is 0 Å². The lowest BCUT2D eigenvalue weighted by Gasteiger charge is -2.19. The molecule has 0 saturated carbocycles. The van der Waals surface area contributed by atoms with E-state index in [1.165, 1.54) is 5.56 Å².